The van der Waals surface area contributed by atoms with Crippen LogP contribution in [-0.2, 0) is 0 Å². The predicted octanol–water partition coefficient (Wildman–Crippen LogP) is 3.00. The summed E-state index contributed by atoms with van der Waals surface area (Å²) in [5.74, 6) is 0.0387. The second kappa shape index (κ2) is 5.76. The minimum Gasteiger partial charge on any atom is -0.330 e. The molecule has 114 valence electrons. The third-order valence-electron chi connectivity index (χ3n) is 4.31. The third-order valence-corrected chi connectivity index (χ3v) is 4.31. The molecule has 1 aromatic carbocycles. The molecule has 4 rings (SSSR count). The molecule has 1 atom stereocenters. The van der Waals surface area contributed by atoms with E-state index in [1.54, 1.807) is 24.8 Å². The molecule has 0 saturated carbocycles. The average molecular weight is 304 g/mol. The van der Waals surface area contributed by atoms with Gasteiger partial charge in [-0.05, 0) is 31.0 Å². The highest BCUT2D eigenvalue weighted by Crippen LogP contribution is 2.32. The number of pyridine rings is 1. The first-order valence-electron chi connectivity index (χ1n) is 7.75. The summed E-state index contributed by atoms with van der Waals surface area (Å²) in [7, 11) is 0. The molecule has 3 heterocycles. The van der Waals surface area contributed by atoms with Crippen molar-refractivity contribution < 1.29 is 4.79 Å². The van der Waals surface area contributed by atoms with Crippen molar-refractivity contribution in [2.75, 3.05) is 6.54 Å². The van der Waals surface area contributed by atoms with Crippen molar-refractivity contribution >= 4 is 16.8 Å². The molecule has 5 heteroatoms. The van der Waals surface area contributed by atoms with Crippen LogP contribution in [-0.4, -0.2) is 32.3 Å². The first-order chi connectivity index (χ1) is 11.3. The lowest BCUT2D eigenvalue weighted by molar-refractivity contribution is 0.0734. The molecule has 0 radical (unpaired) electrons. The van der Waals surface area contributed by atoms with Gasteiger partial charge in [0.1, 0.15) is 0 Å². The van der Waals surface area contributed by atoms with E-state index in [-0.39, 0.29) is 11.9 Å². The van der Waals surface area contributed by atoms with Crippen LogP contribution >= 0.6 is 0 Å². The summed E-state index contributed by atoms with van der Waals surface area (Å²) >= 11 is 0. The van der Waals surface area contributed by atoms with Crippen molar-refractivity contribution in [1.29, 1.82) is 0 Å². The summed E-state index contributed by atoms with van der Waals surface area (Å²) in [6.45, 7) is 0.747. The van der Waals surface area contributed by atoms with Crippen LogP contribution in [0.15, 0.2) is 55.1 Å². The fourth-order valence-corrected chi connectivity index (χ4v) is 3.24. The Morgan fingerprint density at radius 3 is 2.91 bits per heavy atom. The van der Waals surface area contributed by atoms with Gasteiger partial charge in [0, 0.05) is 36.1 Å². The quantitative estimate of drug-likeness (QED) is 0.730. The van der Waals surface area contributed by atoms with E-state index in [0.717, 1.165) is 36.0 Å². The van der Waals surface area contributed by atoms with Gasteiger partial charge in [-0.25, -0.2) is 0 Å². The molecular formula is C18H16N4O. The van der Waals surface area contributed by atoms with Crippen molar-refractivity contribution in [2.45, 2.75) is 18.9 Å². The highest BCUT2D eigenvalue weighted by molar-refractivity contribution is 6.06. The van der Waals surface area contributed by atoms with Crippen molar-refractivity contribution in [3.63, 3.8) is 0 Å². The fraction of sp³-hybridized carbons (Fsp3) is 0.222. The molecule has 1 unspecified atom stereocenters. The molecule has 1 saturated heterocycles. The van der Waals surface area contributed by atoms with Gasteiger partial charge >= 0.3 is 0 Å². The number of likely N-dealkylation sites (tertiary alicyclic amines) is 1. The molecule has 1 amide bonds. The van der Waals surface area contributed by atoms with Crippen LogP contribution in [0.5, 0.6) is 0 Å². The number of benzene rings is 1. The number of fused-ring (bicyclic) bond motifs is 1. The van der Waals surface area contributed by atoms with Crippen LogP contribution in [0.4, 0.5) is 0 Å². The van der Waals surface area contributed by atoms with Gasteiger partial charge in [-0.3, -0.25) is 19.7 Å². The average Bonchev–Trinajstić information content (AvgIpc) is 3.11. The molecule has 0 bridgehead atoms. The summed E-state index contributed by atoms with van der Waals surface area (Å²) in [6, 6.07) is 9.50. The summed E-state index contributed by atoms with van der Waals surface area (Å²) in [5.41, 5.74) is 2.40. The lowest BCUT2D eigenvalue weighted by Gasteiger charge is -2.24. The minimum atomic E-state index is 0.00290. The Bertz CT molecular complexity index is 845. The number of carbonyl (C=O) groups excluding carboxylic acids is 1. The zero-order valence-corrected chi connectivity index (χ0v) is 12.6. The van der Waals surface area contributed by atoms with Gasteiger partial charge in [0.05, 0.1) is 23.4 Å². The van der Waals surface area contributed by atoms with E-state index >= 15 is 0 Å². The number of hydrogen-bond acceptors (Lipinski definition) is 4. The minimum absolute atomic E-state index is 0.00290. The van der Waals surface area contributed by atoms with Gasteiger partial charge in [0.15, 0.2) is 0 Å². The Balaban J connectivity index is 1.73. The molecular weight excluding hydrogens is 288 g/mol. The van der Waals surface area contributed by atoms with Crippen molar-refractivity contribution in [2.24, 2.45) is 0 Å². The molecule has 23 heavy (non-hydrogen) atoms. The first kappa shape index (κ1) is 13.8. The summed E-state index contributed by atoms with van der Waals surface area (Å²) in [5, 5.41) is 0.893. The standard InChI is InChI=1S/C18H16N4O/c23-18(14-4-1-6-15-13(14)5-2-8-20-15)22-11-3-7-17(22)16-12-19-9-10-21-16/h1-2,4-6,8-10,12,17H,3,7,11H2. The van der Waals surface area contributed by atoms with Gasteiger partial charge in [0.25, 0.3) is 5.91 Å². The highest BCUT2D eigenvalue weighted by atomic mass is 16.2. The third kappa shape index (κ3) is 2.44. The summed E-state index contributed by atoms with van der Waals surface area (Å²) in [4.78, 5) is 27.9. The maximum Gasteiger partial charge on any atom is 0.255 e. The van der Waals surface area contributed by atoms with E-state index in [4.69, 9.17) is 0 Å². The lowest BCUT2D eigenvalue weighted by atomic mass is 10.1. The van der Waals surface area contributed by atoms with E-state index < -0.39 is 0 Å². The molecule has 3 aromatic rings. The summed E-state index contributed by atoms with van der Waals surface area (Å²) in [6.07, 6.45) is 8.73. The Morgan fingerprint density at radius 2 is 2.04 bits per heavy atom. The number of rotatable bonds is 2. The van der Waals surface area contributed by atoms with E-state index in [0.29, 0.717) is 5.56 Å². The monoisotopic (exact) mass is 304 g/mol. The molecule has 1 aliphatic rings. The Morgan fingerprint density at radius 1 is 1.09 bits per heavy atom. The van der Waals surface area contributed by atoms with E-state index in [1.807, 2.05) is 35.2 Å². The van der Waals surface area contributed by atoms with Crippen LogP contribution in [0.2, 0.25) is 0 Å². The van der Waals surface area contributed by atoms with E-state index in [1.165, 1.54) is 0 Å². The largest absolute Gasteiger partial charge is 0.330 e. The van der Waals surface area contributed by atoms with Crippen LogP contribution in [0.1, 0.15) is 34.9 Å². The topological polar surface area (TPSA) is 59.0 Å². The molecule has 2 aromatic heterocycles. The molecule has 0 aliphatic carbocycles. The Kier molecular flexibility index (Phi) is 3.46. The van der Waals surface area contributed by atoms with Crippen LogP contribution in [0.25, 0.3) is 10.9 Å². The molecule has 1 aliphatic heterocycles. The molecule has 0 spiro atoms. The Labute approximate surface area is 134 Å². The van der Waals surface area contributed by atoms with Crippen LogP contribution in [0, 0.1) is 0 Å². The van der Waals surface area contributed by atoms with Crippen LogP contribution < -0.4 is 0 Å². The first-order valence-corrected chi connectivity index (χ1v) is 7.75. The number of aromatic nitrogens is 3. The summed E-state index contributed by atoms with van der Waals surface area (Å²) < 4.78 is 0. The van der Waals surface area contributed by atoms with Crippen LogP contribution in [0.3, 0.4) is 0 Å². The van der Waals surface area contributed by atoms with E-state index in [9.17, 15) is 4.79 Å². The second-order valence-electron chi connectivity index (χ2n) is 5.66. The fourth-order valence-electron chi connectivity index (χ4n) is 3.24. The SMILES string of the molecule is O=C(c1cccc2ncccc12)N1CCCC1c1cnccn1. The number of carbonyl (C=O) groups is 1. The number of amides is 1. The van der Waals surface area contributed by atoms with E-state index in [2.05, 4.69) is 15.0 Å². The number of nitrogens with zero attached hydrogens (tertiary/aromatic N) is 4. The van der Waals surface area contributed by atoms with Gasteiger partial charge in [-0.2, -0.15) is 0 Å². The molecule has 0 N–H and O–H groups in total. The van der Waals surface area contributed by atoms with Crippen molar-refractivity contribution in [3.05, 3.63) is 66.4 Å². The zero-order chi connectivity index (χ0) is 15.6. The Hall–Kier alpha value is -2.82. The second-order valence-corrected chi connectivity index (χ2v) is 5.66. The normalized spacial score (nSPS) is 17.6. The van der Waals surface area contributed by atoms with Crippen molar-refractivity contribution in [1.82, 2.24) is 19.9 Å². The lowest BCUT2D eigenvalue weighted by Crippen LogP contribution is -2.31. The zero-order valence-electron chi connectivity index (χ0n) is 12.6. The van der Waals surface area contributed by atoms with Gasteiger partial charge in [-0.1, -0.05) is 12.1 Å². The smallest absolute Gasteiger partial charge is 0.255 e. The molecule has 1 fully saturated rings. The predicted molar refractivity (Wildman–Crippen MR) is 86.8 cm³/mol. The van der Waals surface area contributed by atoms with Crippen molar-refractivity contribution in [3.8, 4) is 0 Å². The van der Waals surface area contributed by atoms with Gasteiger partial charge in [0.2, 0.25) is 0 Å². The maximum atomic E-state index is 13.1. The van der Waals surface area contributed by atoms with Gasteiger partial charge < -0.3 is 4.90 Å². The maximum absolute atomic E-state index is 13.1. The molecule has 5 nitrogen and oxygen atoms in total. The van der Waals surface area contributed by atoms with Gasteiger partial charge in [-0.15, -0.1) is 0 Å². The highest BCUT2D eigenvalue weighted by Gasteiger charge is 2.32. The number of hydrogen-bond donors (Lipinski definition) is 0.